The van der Waals surface area contributed by atoms with Gasteiger partial charge in [-0.25, -0.2) is 13.1 Å². The lowest BCUT2D eigenvalue weighted by Gasteiger charge is -2.45. The van der Waals surface area contributed by atoms with Crippen molar-refractivity contribution in [2.45, 2.75) is 44.0 Å². The lowest BCUT2D eigenvalue weighted by atomic mass is 9.91. The number of sulfonamides is 1. The van der Waals surface area contributed by atoms with Gasteiger partial charge in [-0.15, -0.1) is 0 Å². The third kappa shape index (κ3) is 3.29. The maximum atomic E-state index is 12.6. The van der Waals surface area contributed by atoms with E-state index in [1.165, 1.54) is 0 Å². The topological polar surface area (TPSA) is 58.6 Å². The average Bonchev–Trinajstić information content (AvgIpc) is 2.45. The summed E-state index contributed by atoms with van der Waals surface area (Å²) in [5.74, 6) is 0. The van der Waals surface area contributed by atoms with Crippen LogP contribution in [0.15, 0.2) is 22.7 Å². The summed E-state index contributed by atoms with van der Waals surface area (Å²) in [7, 11) is -3.41. The maximum absolute atomic E-state index is 12.6. The number of halogens is 1. The Bertz CT molecular complexity index is 700. The molecule has 1 fully saturated rings. The molecule has 2 aliphatic heterocycles. The highest BCUT2D eigenvalue weighted by Gasteiger charge is 2.38. The quantitative estimate of drug-likeness (QED) is 0.825. The van der Waals surface area contributed by atoms with E-state index in [2.05, 4.69) is 31.6 Å². The van der Waals surface area contributed by atoms with Crippen molar-refractivity contribution in [2.24, 2.45) is 0 Å². The second-order valence-corrected chi connectivity index (χ2v) is 10.5. The summed E-state index contributed by atoms with van der Waals surface area (Å²) < 4.78 is 33.9. The minimum absolute atomic E-state index is 0.207. The standard InChI is InChI=1S/C16H23BrN2O3S/c1-16(2,3)23(20,21)18-14-9-12-10-22-7-6-19(12)15-8-11(17)4-5-13(14)15/h4-5,8,12,14,18H,6-7,9-10H2,1-3H3. The molecule has 23 heavy (non-hydrogen) atoms. The Balaban J connectivity index is 1.99. The molecule has 2 unspecified atom stereocenters. The van der Waals surface area contributed by atoms with Gasteiger partial charge in [-0.2, -0.15) is 0 Å². The second-order valence-electron chi connectivity index (χ2n) is 7.15. The van der Waals surface area contributed by atoms with Crippen molar-refractivity contribution in [3.8, 4) is 0 Å². The minimum atomic E-state index is -3.41. The first-order chi connectivity index (χ1) is 10.7. The fourth-order valence-corrected chi connectivity index (χ4v) is 4.40. The molecule has 2 atom stereocenters. The number of benzene rings is 1. The smallest absolute Gasteiger partial charge is 0.217 e. The summed E-state index contributed by atoms with van der Waals surface area (Å²) in [5, 5.41) is 0. The van der Waals surface area contributed by atoms with E-state index in [0.29, 0.717) is 13.2 Å². The Morgan fingerprint density at radius 3 is 2.78 bits per heavy atom. The zero-order chi connectivity index (χ0) is 16.8. The Kier molecular flexibility index (Phi) is 4.50. The Morgan fingerprint density at radius 2 is 2.09 bits per heavy atom. The highest BCUT2D eigenvalue weighted by Crippen LogP contribution is 2.40. The summed E-state index contributed by atoms with van der Waals surface area (Å²) >= 11 is 3.52. The molecule has 1 saturated heterocycles. The Morgan fingerprint density at radius 1 is 1.35 bits per heavy atom. The van der Waals surface area contributed by atoms with Gasteiger partial charge in [-0.1, -0.05) is 22.0 Å². The molecule has 7 heteroatoms. The number of hydrogen-bond donors (Lipinski definition) is 1. The van der Waals surface area contributed by atoms with E-state index in [1.54, 1.807) is 20.8 Å². The fourth-order valence-electron chi connectivity index (χ4n) is 3.10. The summed E-state index contributed by atoms with van der Waals surface area (Å²) in [4.78, 5) is 2.34. The predicted octanol–water partition coefficient (Wildman–Crippen LogP) is 2.82. The first-order valence-corrected chi connectivity index (χ1v) is 10.1. The van der Waals surface area contributed by atoms with E-state index in [-0.39, 0.29) is 12.1 Å². The minimum Gasteiger partial charge on any atom is -0.377 e. The number of ether oxygens (including phenoxy) is 1. The number of fused-ring (bicyclic) bond motifs is 3. The van der Waals surface area contributed by atoms with Gasteiger partial charge in [0.1, 0.15) is 0 Å². The van der Waals surface area contributed by atoms with Crippen LogP contribution >= 0.6 is 15.9 Å². The molecule has 1 N–H and O–H groups in total. The fraction of sp³-hybridized carbons (Fsp3) is 0.625. The van der Waals surface area contributed by atoms with Crippen LogP contribution in [0.3, 0.4) is 0 Å². The molecular formula is C16H23BrN2O3S. The third-order valence-electron chi connectivity index (χ3n) is 4.52. The first-order valence-electron chi connectivity index (χ1n) is 7.85. The van der Waals surface area contributed by atoms with Crippen LogP contribution in [0.25, 0.3) is 0 Å². The first kappa shape index (κ1) is 17.2. The van der Waals surface area contributed by atoms with Gasteiger partial charge in [0.05, 0.1) is 30.0 Å². The monoisotopic (exact) mass is 402 g/mol. The van der Waals surface area contributed by atoms with Crippen LogP contribution in [0.2, 0.25) is 0 Å². The molecule has 0 saturated carbocycles. The average molecular weight is 403 g/mol. The van der Waals surface area contributed by atoms with Crippen LogP contribution in [0.4, 0.5) is 5.69 Å². The van der Waals surface area contributed by atoms with Crippen molar-refractivity contribution in [1.82, 2.24) is 4.72 Å². The van der Waals surface area contributed by atoms with Crippen LogP contribution in [0, 0.1) is 0 Å². The van der Waals surface area contributed by atoms with Gasteiger partial charge >= 0.3 is 0 Å². The molecule has 5 nitrogen and oxygen atoms in total. The highest BCUT2D eigenvalue weighted by molar-refractivity contribution is 9.10. The van der Waals surface area contributed by atoms with Crippen LogP contribution in [-0.4, -0.2) is 39.0 Å². The van der Waals surface area contributed by atoms with Gasteiger partial charge in [0, 0.05) is 16.7 Å². The van der Waals surface area contributed by atoms with E-state index >= 15 is 0 Å². The number of hydrogen-bond acceptors (Lipinski definition) is 4. The highest BCUT2D eigenvalue weighted by atomic mass is 79.9. The molecule has 0 amide bonds. The maximum Gasteiger partial charge on any atom is 0.217 e. The van der Waals surface area contributed by atoms with Gasteiger partial charge in [0.25, 0.3) is 0 Å². The SMILES string of the molecule is CC(C)(C)S(=O)(=O)NC1CC2COCCN2c2cc(Br)ccc21. The molecule has 0 bridgehead atoms. The van der Waals surface area contributed by atoms with Gasteiger partial charge < -0.3 is 9.64 Å². The van der Waals surface area contributed by atoms with Gasteiger partial charge in [-0.3, -0.25) is 0 Å². The van der Waals surface area contributed by atoms with Crippen molar-refractivity contribution in [3.63, 3.8) is 0 Å². The molecule has 0 spiro atoms. The molecule has 2 aliphatic rings. The van der Waals surface area contributed by atoms with E-state index in [0.717, 1.165) is 28.7 Å². The molecule has 0 aromatic heterocycles. The van der Waals surface area contributed by atoms with Crippen molar-refractivity contribution < 1.29 is 13.2 Å². The molecule has 0 aliphatic carbocycles. The van der Waals surface area contributed by atoms with Crippen molar-refractivity contribution >= 4 is 31.6 Å². The van der Waals surface area contributed by atoms with Crippen LogP contribution in [0.1, 0.15) is 38.8 Å². The second kappa shape index (κ2) is 6.02. The van der Waals surface area contributed by atoms with E-state index in [9.17, 15) is 8.42 Å². The zero-order valence-corrected chi connectivity index (χ0v) is 16.1. The van der Waals surface area contributed by atoms with E-state index < -0.39 is 14.8 Å². The molecule has 2 heterocycles. The molecule has 0 radical (unpaired) electrons. The lowest BCUT2D eigenvalue weighted by molar-refractivity contribution is 0.0861. The molecule has 1 aromatic carbocycles. The van der Waals surface area contributed by atoms with Crippen molar-refractivity contribution in [3.05, 3.63) is 28.2 Å². The van der Waals surface area contributed by atoms with Crippen LogP contribution in [0.5, 0.6) is 0 Å². The van der Waals surface area contributed by atoms with Gasteiger partial charge in [0.15, 0.2) is 0 Å². The van der Waals surface area contributed by atoms with Gasteiger partial charge in [-0.05, 0) is 44.9 Å². The number of morpholine rings is 1. The van der Waals surface area contributed by atoms with E-state index in [1.807, 2.05) is 12.1 Å². The molecule has 128 valence electrons. The number of nitrogens with one attached hydrogen (secondary N) is 1. The van der Waals surface area contributed by atoms with Crippen molar-refractivity contribution in [2.75, 3.05) is 24.7 Å². The molecule has 1 aromatic rings. The normalized spacial score (nSPS) is 25.0. The Hall–Kier alpha value is -0.630. The van der Waals surface area contributed by atoms with Crippen LogP contribution in [-0.2, 0) is 14.8 Å². The van der Waals surface area contributed by atoms with Crippen LogP contribution < -0.4 is 9.62 Å². The number of anilines is 1. The number of rotatable bonds is 2. The zero-order valence-electron chi connectivity index (χ0n) is 13.7. The summed E-state index contributed by atoms with van der Waals surface area (Å²) in [6.07, 6.45) is 0.726. The summed E-state index contributed by atoms with van der Waals surface area (Å²) in [6, 6.07) is 6.05. The third-order valence-corrected chi connectivity index (χ3v) is 7.22. The van der Waals surface area contributed by atoms with Gasteiger partial charge in [0.2, 0.25) is 10.0 Å². The van der Waals surface area contributed by atoms with Crippen molar-refractivity contribution in [1.29, 1.82) is 0 Å². The number of nitrogens with zero attached hydrogens (tertiary/aromatic N) is 1. The summed E-state index contributed by atoms with van der Waals surface area (Å²) in [6.45, 7) is 7.34. The largest absolute Gasteiger partial charge is 0.377 e. The lowest BCUT2D eigenvalue weighted by Crippen LogP contribution is -2.52. The predicted molar refractivity (Wildman–Crippen MR) is 95.3 cm³/mol. The summed E-state index contributed by atoms with van der Waals surface area (Å²) in [5.41, 5.74) is 2.14. The molecule has 3 rings (SSSR count). The van der Waals surface area contributed by atoms with E-state index in [4.69, 9.17) is 4.74 Å². The molecular weight excluding hydrogens is 380 g/mol. The Labute approximate surface area is 146 Å².